The molecule has 102 valence electrons. The fraction of sp³-hybridized carbons (Fsp3) is 0.333. The summed E-state index contributed by atoms with van der Waals surface area (Å²) in [4.78, 5) is 14.5. The Balaban J connectivity index is 2.63. The number of aromatic nitrogens is 2. The van der Waals surface area contributed by atoms with Crippen molar-refractivity contribution in [1.82, 2.24) is 14.9 Å². The molecule has 4 nitrogen and oxygen atoms in total. The molecular formula is C12H13F2N3OS. The molecule has 1 amide bonds. The van der Waals surface area contributed by atoms with E-state index in [1.165, 1.54) is 4.57 Å². The van der Waals surface area contributed by atoms with Gasteiger partial charge in [0.25, 0.3) is 0 Å². The third-order valence-corrected chi connectivity index (χ3v) is 3.16. The molecule has 2 rings (SSSR count). The van der Waals surface area contributed by atoms with Crippen LogP contribution >= 0.6 is 12.2 Å². The highest BCUT2D eigenvalue weighted by Crippen LogP contribution is 2.23. The van der Waals surface area contributed by atoms with Crippen LogP contribution in [0.2, 0.25) is 0 Å². The van der Waals surface area contributed by atoms with Crippen molar-refractivity contribution in [3.8, 4) is 0 Å². The van der Waals surface area contributed by atoms with Gasteiger partial charge in [-0.25, -0.2) is 8.78 Å². The van der Waals surface area contributed by atoms with Crippen LogP contribution in [0.1, 0.15) is 19.9 Å². The smallest absolute Gasteiger partial charge is 0.242 e. The van der Waals surface area contributed by atoms with Gasteiger partial charge in [-0.2, -0.15) is 0 Å². The minimum Gasteiger partial charge on any atom is -0.355 e. The van der Waals surface area contributed by atoms with Crippen molar-refractivity contribution in [3.05, 3.63) is 28.5 Å². The summed E-state index contributed by atoms with van der Waals surface area (Å²) >= 11 is 5.07. The number of nitrogens with zero attached hydrogens (tertiary/aromatic N) is 1. The average Bonchev–Trinajstić information content (AvgIpc) is 2.65. The normalized spacial score (nSPS) is 12.6. The van der Waals surface area contributed by atoms with Crippen molar-refractivity contribution in [2.75, 3.05) is 6.54 Å². The van der Waals surface area contributed by atoms with Crippen LogP contribution in [0.4, 0.5) is 8.78 Å². The Morgan fingerprint density at radius 2 is 2.21 bits per heavy atom. The molecule has 0 aliphatic carbocycles. The number of nitrogens with one attached hydrogen (secondary N) is 2. The summed E-state index contributed by atoms with van der Waals surface area (Å²) in [6.07, 6.45) is 0. The van der Waals surface area contributed by atoms with Crippen molar-refractivity contribution in [3.63, 3.8) is 0 Å². The van der Waals surface area contributed by atoms with Crippen LogP contribution in [-0.4, -0.2) is 22.0 Å². The van der Waals surface area contributed by atoms with Crippen molar-refractivity contribution < 1.29 is 13.6 Å². The molecule has 0 fully saturated rings. The van der Waals surface area contributed by atoms with Crippen molar-refractivity contribution >= 4 is 29.2 Å². The molecule has 19 heavy (non-hydrogen) atoms. The molecule has 1 atom stereocenters. The summed E-state index contributed by atoms with van der Waals surface area (Å²) in [5.74, 6) is -1.71. The zero-order chi connectivity index (χ0) is 14.2. The van der Waals surface area contributed by atoms with Gasteiger partial charge in [-0.05, 0) is 32.1 Å². The zero-order valence-corrected chi connectivity index (χ0v) is 11.3. The van der Waals surface area contributed by atoms with E-state index in [1.54, 1.807) is 13.8 Å². The van der Waals surface area contributed by atoms with Gasteiger partial charge in [0.05, 0.1) is 5.52 Å². The van der Waals surface area contributed by atoms with Gasteiger partial charge in [0.15, 0.2) is 10.6 Å². The van der Waals surface area contributed by atoms with Gasteiger partial charge in [-0.1, -0.05) is 0 Å². The van der Waals surface area contributed by atoms with Crippen LogP contribution in [0.25, 0.3) is 11.0 Å². The number of carbonyl (C=O) groups is 1. The molecule has 0 radical (unpaired) electrons. The van der Waals surface area contributed by atoms with Crippen LogP contribution in [0.5, 0.6) is 0 Å². The number of benzene rings is 1. The second-order valence-corrected chi connectivity index (χ2v) is 4.54. The molecule has 0 saturated heterocycles. The average molecular weight is 285 g/mol. The van der Waals surface area contributed by atoms with Crippen molar-refractivity contribution in [1.29, 1.82) is 0 Å². The predicted molar refractivity (Wildman–Crippen MR) is 70.4 cm³/mol. The van der Waals surface area contributed by atoms with E-state index in [4.69, 9.17) is 12.2 Å². The first-order chi connectivity index (χ1) is 8.95. The number of aromatic amines is 1. The second kappa shape index (κ2) is 5.08. The van der Waals surface area contributed by atoms with E-state index in [0.717, 1.165) is 12.1 Å². The highest BCUT2D eigenvalue weighted by atomic mass is 32.1. The Kier molecular flexibility index (Phi) is 3.66. The Hall–Kier alpha value is -1.76. The number of halogens is 2. The van der Waals surface area contributed by atoms with E-state index in [-0.39, 0.29) is 21.7 Å². The van der Waals surface area contributed by atoms with Crippen LogP contribution < -0.4 is 5.32 Å². The van der Waals surface area contributed by atoms with Gasteiger partial charge in [-0.3, -0.25) is 4.79 Å². The van der Waals surface area contributed by atoms with Gasteiger partial charge >= 0.3 is 0 Å². The van der Waals surface area contributed by atoms with Crippen LogP contribution in [-0.2, 0) is 4.79 Å². The SMILES string of the molecule is CCNC(=O)C(C)n1c(=S)[nH]c2c(F)cc(F)cc21. The first kappa shape index (κ1) is 13.7. The summed E-state index contributed by atoms with van der Waals surface area (Å²) in [7, 11) is 0. The molecule has 2 N–H and O–H groups in total. The third kappa shape index (κ3) is 2.37. The number of hydrogen-bond acceptors (Lipinski definition) is 2. The number of H-pyrrole nitrogens is 1. The maximum atomic E-state index is 13.6. The van der Waals surface area contributed by atoms with E-state index in [2.05, 4.69) is 10.3 Å². The lowest BCUT2D eigenvalue weighted by molar-refractivity contribution is -0.123. The van der Waals surface area contributed by atoms with E-state index in [9.17, 15) is 13.6 Å². The summed E-state index contributed by atoms with van der Waals surface area (Å²) in [5, 5.41) is 2.65. The highest BCUT2D eigenvalue weighted by Gasteiger charge is 2.19. The molecular weight excluding hydrogens is 272 g/mol. The molecule has 0 aliphatic heterocycles. The fourth-order valence-electron chi connectivity index (χ4n) is 1.97. The molecule has 1 unspecified atom stereocenters. The molecule has 2 aromatic rings. The van der Waals surface area contributed by atoms with E-state index < -0.39 is 17.7 Å². The minimum atomic E-state index is -0.733. The maximum Gasteiger partial charge on any atom is 0.242 e. The monoisotopic (exact) mass is 285 g/mol. The Bertz CT molecular complexity index is 692. The predicted octanol–water partition coefficient (Wildman–Crippen LogP) is 2.67. The molecule has 1 aromatic carbocycles. The van der Waals surface area contributed by atoms with Gasteiger partial charge in [0.2, 0.25) is 5.91 Å². The topological polar surface area (TPSA) is 49.8 Å². The lowest BCUT2D eigenvalue weighted by Crippen LogP contribution is -2.30. The first-order valence-electron chi connectivity index (χ1n) is 5.82. The highest BCUT2D eigenvalue weighted by molar-refractivity contribution is 7.71. The van der Waals surface area contributed by atoms with Crippen LogP contribution in [0.15, 0.2) is 12.1 Å². The molecule has 1 heterocycles. The van der Waals surface area contributed by atoms with Crippen molar-refractivity contribution in [2.24, 2.45) is 0 Å². The van der Waals surface area contributed by atoms with Crippen LogP contribution in [0.3, 0.4) is 0 Å². The summed E-state index contributed by atoms with van der Waals surface area (Å²) in [5.41, 5.74) is 0.337. The minimum absolute atomic E-state index is 0.0996. The van der Waals surface area contributed by atoms with Crippen LogP contribution in [0, 0.1) is 16.4 Å². The Labute approximate surface area is 113 Å². The lowest BCUT2D eigenvalue weighted by Gasteiger charge is -2.13. The molecule has 1 aromatic heterocycles. The van der Waals surface area contributed by atoms with Gasteiger partial charge in [0, 0.05) is 12.6 Å². The number of fused-ring (bicyclic) bond motifs is 1. The first-order valence-corrected chi connectivity index (χ1v) is 6.23. The number of amides is 1. The lowest BCUT2D eigenvalue weighted by atomic mass is 10.2. The summed E-state index contributed by atoms with van der Waals surface area (Å²) < 4.78 is 28.5. The van der Waals surface area contributed by atoms with Gasteiger partial charge < -0.3 is 14.9 Å². The number of rotatable bonds is 3. The molecule has 0 spiro atoms. The van der Waals surface area contributed by atoms with Gasteiger partial charge in [-0.15, -0.1) is 0 Å². The molecule has 0 saturated carbocycles. The Morgan fingerprint density at radius 3 is 2.84 bits per heavy atom. The Morgan fingerprint density at radius 1 is 1.53 bits per heavy atom. The molecule has 0 bridgehead atoms. The second-order valence-electron chi connectivity index (χ2n) is 4.15. The number of hydrogen-bond donors (Lipinski definition) is 2. The standard InChI is InChI=1S/C12H13F2N3OS/c1-3-15-11(18)6(2)17-9-5-7(13)4-8(14)10(9)16-12(17)19/h4-6H,3H2,1-2H3,(H,15,18)(H,16,19). The maximum absolute atomic E-state index is 13.6. The van der Waals surface area contributed by atoms with E-state index in [1.807, 2.05) is 0 Å². The quantitative estimate of drug-likeness (QED) is 0.852. The van der Waals surface area contributed by atoms with Gasteiger partial charge in [0.1, 0.15) is 17.4 Å². The van der Waals surface area contributed by atoms with Crippen molar-refractivity contribution in [2.45, 2.75) is 19.9 Å². The summed E-state index contributed by atoms with van der Waals surface area (Å²) in [6, 6.07) is 1.28. The number of carbonyl (C=O) groups excluding carboxylic acids is 1. The largest absolute Gasteiger partial charge is 0.355 e. The fourth-order valence-corrected chi connectivity index (χ4v) is 2.33. The molecule has 0 aliphatic rings. The van der Waals surface area contributed by atoms with E-state index in [0.29, 0.717) is 6.54 Å². The number of imidazole rings is 1. The number of likely N-dealkylation sites (N-methyl/N-ethyl adjacent to an activating group) is 1. The molecule has 7 heteroatoms. The van der Waals surface area contributed by atoms with E-state index >= 15 is 0 Å². The summed E-state index contributed by atoms with van der Waals surface area (Å²) in [6.45, 7) is 3.89. The zero-order valence-electron chi connectivity index (χ0n) is 10.5. The third-order valence-electron chi connectivity index (χ3n) is 2.86.